The summed E-state index contributed by atoms with van der Waals surface area (Å²) in [5, 5.41) is 8.80. The molecule has 2 heteroatoms. The minimum atomic E-state index is 0.310. The molecule has 0 heterocycles. The number of aliphatic hydroxyl groups excluding tert-OH is 1. The van der Waals surface area contributed by atoms with Crippen LogP contribution < -0.4 is 0 Å². The zero-order chi connectivity index (χ0) is 9.61. The lowest BCUT2D eigenvalue weighted by atomic mass is 9.85. The fourth-order valence-electron chi connectivity index (χ4n) is 1.30. The van der Waals surface area contributed by atoms with Gasteiger partial charge in [-0.25, -0.2) is 0 Å². The third kappa shape index (κ3) is 6.62. The lowest BCUT2D eigenvalue weighted by molar-refractivity contribution is 0.195. The van der Waals surface area contributed by atoms with Crippen LogP contribution in [0.5, 0.6) is 0 Å². The average molecular weight is 173 g/mol. The molecule has 0 aromatic rings. The molecule has 0 saturated heterocycles. The zero-order valence-corrected chi connectivity index (χ0v) is 8.93. The van der Waals surface area contributed by atoms with E-state index in [2.05, 4.69) is 32.8 Å². The summed E-state index contributed by atoms with van der Waals surface area (Å²) < 4.78 is 0. The van der Waals surface area contributed by atoms with E-state index in [4.69, 9.17) is 5.11 Å². The van der Waals surface area contributed by atoms with E-state index in [-0.39, 0.29) is 0 Å². The van der Waals surface area contributed by atoms with Crippen molar-refractivity contribution in [3.8, 4) is 0 Å². The summed E-state index contributed by atoms with van der Waals surface area (Å²) in [4.78, 5) is 2.20. The normalized spacial score (nSPS) is 12.5. The monoisotopic (exact) mass is 173 g/mol. The van der Waals surface area contributed by atoms with Crippen molar-refractivity contribution in [3.63, 3.8) is 0 Å². The summed E-state index contributed by atoms with van der Waals surface area (Å²) in [6.45, 7) is 5.90. The highest BCUT2D eigenvalue weighted by molar-refractivity contribution is 4.68. The Morgan fingerprint density at radius 3 is 2.17 bits per heavy atom. The molecule has 0 aliphatic rings. The Morgan fingerprint density at radius 1 is 1.17 bits per heavy atom. The highest BCUT2D eigenvalue weighted by Gasteiger charge is 2.16. The molecule has 0 spiro atoms. The van der Waals surface area contributed by atoms with Gasteiger partial charge in [-0.2, -0.15) is 0 Å². The first-order valence-electron chi connectivity index (χ1n) is 4.73. The molecule has 1 N–H and O–H groups in total. The Bertz CT molecular complexity index is 110. The van der Waals surface area contributed by atoms with E-state index < -0.39 is 0 Å². The molecule has 0 fully saturated rings. The molecule has 0 aromatic carbocycles. The van der Waals surface area contributed by atoms with E-state index in [1.165, 1.54) is 12.8 Å². The quantitative estimate of drug-likeness (QED) is 0.661. The summed E-state index contributed by atoms with van der Waals surface area (Å²) in [7, 11) is 4.19. The van der Waals surface area contributed by atoms with Gasteiger partial charge in [-0.1, -0.05) is 13.8 Å². The van der Waals surface area contributed by atoms with Crippen LogP contribution in [-0.4, -0.2) is 37.3 Å². The van der Waals surface area contributed by atoms with Gasteiger partial charge in [-0.15, -0.1) is 0 Å². The molecule has 0 atom stereocenters. The van der Waals surface area contributed by atoms with Crippen LogP contribution in [0.3, 0.4) is 0 Å². The molecular weight excluding hydrogens is 150 g/mol. The third-order valence-electron chi connectivity index (χ3n) is 2.25. The molecule has 2 nitrogen and oxygen atoms in total. The van der Waals surface area contributed by atoms with E-state index in [1.54, 1.807) is 0 Å². The van der Waals surface area contributed by atoms with E-state index >= 15 is 0 Å². The van der Waals surface area contributed by atoms with Crippen LogP contribution in [-0.2, 0) is 0 Å². The van der Waals surface area contributed by atoms with Crippen molar-refractivity contribution in [3.05, 3.63) is 0 Å². The number of hydrogen-bond donors (Lipinski definition) is 1. The standard InChI is InChI=1S/C10H23NO/c1-10(2,7-9-12)6-5-8-11(3)4/h12H,5-9H2,1-4H3. The summed E-state index contributed by atoms with van der Waals surface area (Å²) in [5.74, 6) is 0. The number of nitrogens with zero attached hydrogens (tertiary/aromatic N) is 1. The second-order valence-corrected chi connectivity index (χ2v) is 4.54. The molecule has 0 aliphatic heterocycles. The maximum absolute atomic E-state index is 8.80. The second-order valence-electron chi connectivity index (χ2n) is 4.54. The predicted molar refractivity (Wildman–Crippen MR) is 53.3 cm³/mol. The zero-order valence-electron chi connectivity index (χ0n) is 8.93. The van der Waals surface area contributed by atoms with Crippen LogP contribution >= 0.6 is 0 Å². The van der Waals surface area contributed by atoms with Gasteiger partial charge in [0.15, 0.2) is 0 Å². The maximum Gasteiger partial charge on any atom is 0.0436 e. The van der Waals surface area contributed by atoms with Crippen molar-refractivity contribution >= 4 is 0 Å². The minimum Gasteiger partial charge on any atom is -0.396 e. The Labute approximate surface area is 76.6 Å². The topological polar surface area (TPSA) is 23.5 Å². The van der Waals surface area contributed by atoms with E-state index in [0.29, 0.717) is 12.0 Å². The van der Waals surface area contributed by atoms with Crippen LogP contribution in [0.15, 0.2) is 0 Å². The summed E-state index contributed by atoms with van der Waals surface area (Å²) in [5.41, 5.74) is 0.310. The molecular formula is C10H23NO. The van der Waals surface area contributed by atoms with Gasteiger partial charge in [0.2, 0.25) is 0 Å². The van der Waals surface area contributed by atoms with Crippen molar-refractivity contribution in [1.82, 2.24) is 4.90 Å². The largest absolute Gasteiger partial charge is 0.396 e. The van der Waals surface area contributed by atoms with Crippen LogP contribution in [0.2, 0.25) is 0 Å². The fraction of sp³-hybridized carbons (Fsp3) is 1.00. The first-order chi connectivity index (χ1) is 5.48. The Morgan fingerprint density at radius 2 is 1.75 bits per heavy atom. The molecule has 0 radical (unpaired) electrons. The van der Waals surface area contributed by atoms with Gasteiger partial charge in [0.1, 0.15) is 0 Å². The fourth-order valence-corrected chi connectivity index (χ4v) is 1.30. The van der Waals surface area contributed by atoms with E-state index in [9.17, 15) is 0 Å². The Kier molecular flexibility index (Phi) is 5.51. The lowest BCUT2D eigenvalue weighted by Gasteiger charge is -2.24. The van der Waals surface area contributed by atoms with Gasteiger partial charge in [0, 0.05) is 6.61 Å². The summed E-state index contributed by atoms with van der Waals surface area (Å²) in [6.07, 6.45) is 3.34. The Hall–Kier alpha value is -0.0800. The molecule has 0 rings (SSSR count). The molecule has 0 aromatic heterocycles. The SMILES string of the molecule is CN(C)CCCC(C)(C)CCO. The molecule has 12 heavy (non-hydrogen) atoms. The van der Waals surface area contributed by atoms with Crippen LogP contribution in [0.4, 0.5) is 0 Å². The van der Waals surface area contributed by atoms with Crippen LogP contribution in [0, 0.1) is 5.41 Å². The molecule has 74 valence electrons. The average Bonchev–Trinajstić information content (AvgIpc) is 1.85. The maximum atomic E-state index is 8.80. The van der Waals surface area contributed by atoms with E-state index in [1.807, 2.05) is 0 Å². The third-order valence-corrected chi connectivity index (χ3v) is 2.25. The van der Waals surface area contributed by atoms with Gasteiger partial charge < -0.3 is 10.0 Å². The number of aliphatic hydroxyl groups is 1. The van der Waals surface area contributed by atoms with Crippen molar-refractivity contribution in [1.29, 1.82) is 0 Å². The van der Waals surface area contributed by atoms with Crippen molar-refractivity contribution in [2.24, 2.45) is 5.41 Å². The highest BCUT2D eigenvalue weighted by Crippen LogP contribution is 2.25. The second kappa shape index (κ2) is 5.55. The lowest BCUT2D eigenvalue weighted by Crippen LogP contribution is -2.18. The smallest absolute Gasteiger partial charge is 0.0436 e. The van der Waals surface area contributed by atoms with Gasteiger partial charge >= 0.3 is 0 Å². The predicted octanol–water partition coefficient (Wildman–Crippen LogP) is 1.74. The molecule has 0 bridgehead atoms. The van der Waals surface area contributed by atoms with Crippen molar-refractivity contribution in [2.75, 3.05) is 27.2 Å². The first-order valence-corrected chi connectivity index (χ1v) is 4.73. The Balaban J connectivity index is 3.46. The molecule has 0 unspecified atom stereocenters. The molecule has 0 amide bonds. The molecule has 0 saturated carbocycles. The summed E-state index contributed by atoms with van der Waals surface area (Å²) >= 11 is 0. The first kappa shape index (κ1) is 11.9. The van der Waals surface area contributed by atoms with Crippen LogP contribution in [0.25, 0.3) is 0 Å². The number of rotatable bonds is 6. The van der Waals surface area contributed by atoms with Gasteiger partial charge in [-0.3, -0.25) is 0 Å². The number of hydrogen-bond acceptors (Lipinski definition) is 2. The van der Waals surface area contributed by atoms with E-state index in [0.717, 1.165) is 13.0 Å². The van der Waals surface area contributed by atoms with Gasteiger partial charge in [-0.05, 0) is 45.3 Å². The van der Waals surface area contributed by atoms with Gasteiger partial charge in [0.25, 0.3) is 0 Å². The van der Waals surface area contributed by atoms with Crippen molar-refractivity contribution in [2.45, 2.75) is 33.1 Å². The molecule has 0 aliphatic carbocycles. The van der Waals surface area contributed by atoms with Crippen molar-refractivity contribution < 1.29 is 5.11 Å². The highest BCUT2D eigenvalue weighted by atomic mass is 16.3. The minimum absolute atomic E-state index is 0.310. The summed E-state index contributed by atoms with van der Waals surface area (Å²) in [6, 6.07) is 0. The van der Waals surface area contributed by atoms with Gasteiger partial charge in [0.05, 0.1) is 0 Å². The van der Waals surface area contributed by atoms with Crippen LogP contribution in [0.1, 0.15) is 33.1 Å².